The van der Waals surface area contributed by atoms with Crippen molar-refractivity contribution in [3.63, 3.8) is 0 Å². The van der Waals surface area contributed by atoms with Gasteiger partial charge >= 0.3 is 0 Å². The molecule has 0 fully saturated rings. The lowest BCUT2D eigenvalue weighted by atomic mass is 9.99. The molecule has 1 aliphatic carbocycles. The van der Waals surface area contributed by atoms with Gasteiger partial charge in [0, 0.05) is 0 Å². The smallest absolute Gasteiger partial charge is 0.140 e. The second kappa shape index (κ2) is 3.34. The van der Waals surface area contributed by atoms with Gasteiger partial charge < -0.3 is 4.74 Å². The van der Waals surface area contributed by atoms with Gasteiger partial charge in [-0.1, -0.05) is 0 Å². The van der Waals surface area contributed by atoms with Crippen LogP contribution in [0.2, 0.25) is 0 Å². The van der Waals surface area contributed by atoms with E-state index in [0.29, 0.717) is 5.56 Å². The average Bonchev–Trinajstić information content (AvgIpc) is 2.66. The van der Waals surface area contributed by atoms with E-state index in [-0.39, 0.29) is 0 Å². The summed E-state index contributed by atoms with van der Waals surface area (Å²) in [6.07, 6.45) is 3.36. The fraction of sp³-hybridized carbons (Fsp3) is 0.417. The zero-order chi connectivity index (χ0) is 10.1. The molecule has 2 heteroatoms. The van der Waals surface area contributed by atoms with Crippen LogP contribution in [0.5, 0.6) is 5.75 Å². The molecule has 1 aromatic rings. The predicted molar refractivity (Wildman–Crippen MR) is 54.5 cm³/mol. The fourth-order valence-electron chi connectivity index (χ4n) is 2.28. The number of benzene rings is 1. The van der Waals surface area contributed by atoms with Crippen molar-refractivity contribution >= 4 is 0 Å². The molecule has 72 valence electrons. The van der Waals surface area contributed by atoms with Crippen LogP contribution >= 0.6 is 0 Å². The van der Waals surface area contributed by atoms with E-state index >= 15 is 0 Å². The standard InChI is InChI=1S/C12H13NO/c1-8-6-9(7-13)12(14-2)11-5-3-4-10(8)11/h6H,3-5H2,1-2H3. The maximum Gasteiger partial charge on any atom is 0.140 e. The van der Waals surface area contributed by atoms with E-state index in [1.165, 1.54) is 23.1 Å². The highest BCUT2D eigenvalue weighted by Crippen LogP contribution is 2.35. The number of aryl methyl sites for hydroxylation is 1. The van der Waals surface area contributed by atoms with Crippen LogP contribution in [0.25, 0.3) is 0 Å². The third-order valence-corrected chi connectivity index (χ3v) is 2.90. The maximum absolute atomic E-state index is 8.98. The van der Waals surface area contributed by atoms with Gasteiger partial charge in [0.05, 0.1) is 12.7 Å². The Labute approximate surface area is 84.1 Å². The fourth-order valence-corrected chi connectivity index (χ4v) is 2.28. The Kier molecular flexibility index (Phi) is 2.17. The van der Waals surface area contributed by atoms with Crippen LogP contribution in [0.15, 0.2) is 6.07 Å². The summed E-state index contributed by atoms with van der Waals surface area (Å²) in [6, 6.07) is 4.13. The summed E-state index contributed by atoms with van der Waals surface area (Å²) in [5.74, 6) is 0.797. The molecular formula is C12H13NO. The van der Waals surface area contributed by atoms with Gasteiger partial charge in [0.1, 0.15) is 11.8 Å². The molecule has 0 saturated carbocycles. The number of nitrogens with zero attached hydrogens (tertiary/aromatic N) is 1. The maximum atomic E-state index is 8.98. The van der Waals surface area contributed by atoms with Crippen LogP contribution in [-0.2, 0) is 12.8 Å². The summed E-state index contributed by atoms with van der Waals surface area (Å²) in [5.41, 5.74) is 4.55. The monoisotopic (exact) mass is 187 g/mol. The van der Waals surface area contributed by atoms with Crippen LogP contribution in [0.4, 0.5) is 0 Å². The minimum absolute atomic E-state index is 0.672. The van der Waals surface area contributed by atoms with Crippen molar-refractivity contribution in [1.82, 2.24) is 0 Å². The summed E-state index contributed by atoms with van der Waals surface area (Å²) in [5, 5.41) is 8.98. The Hall–Kier alpha value is -1.49. The number of hydrogen-bond acceptors (Lipinski definition) is 2. The van der Waals surface area contributed by atoms with Gasteiger partial charge in [-0.3, -0.25) is 0 Å². The molecule has 0 aliphatic heterocycles. The lowest BCUT2D eigenvalue weighted by Gasteiger charge is -2.11. The zero-order valence-corrected chi connectivity index (χ0v) is 8.55. The van der Waals surface area contributed by atoms with Crippen LogP contribution < -0.4 is 4.74 Å². The lowest BCUT2D eigenvalue weighted by Crippen LogP contribution is -1.97. The Morgan fingerprint density at radius 2 is 2.07 bits per heavy atom. The third-order valence-electron chi connectivity index (χ3n) is 2.90. The van der Waals surface area contributed by atoms with E-state index in [9.17, 15) is 0 Å². The molecule has 1 aromatic carbocycles. The van der Waals surface area contributed by atoms with Gasteiger partial charge in [-0.05, 0) is 48.9 Å². The first-order valence-corrected chi connectivity index (χ1v) is 4.87. The predicted octanol–water partition coefficient (Wildman–Crippen LogP) is 2.36. The van der Waals surface area contributed by atoms with Crippen LogP contribution in [0.1, 0.15) is 28.7 Å². The van der Waals surface area contributed by atoms with Crippen molar-refractivity contribution in [3.8, 4) is 11.8 Å². The minimum atomic E-state index is 0.672. The summed E-state index contributed by atoms with van der Waals surface area (Å²) < 4.78 is 5.31. The van der Waals surface area contributed by atoms with E-state index in [2.05, 4.69) is 13.0 Å². The van der Waals surface area contributed by atoms with Crippen molar-refractivity contribution in [2.24, 2.45) is 0 Å². The number of nitriles is 1. The molecular weight excluding hydrogens is 174 g/mol. The average molecular weight is 187 g/mol. The van der Waals surface area contributed by atoms with E-state index in [1.807, 2.05) is 6.07 Å². The first-order valence-electron chi connectivity index (χ1n) is 4.87. The largest absolute Gasteiger partial charge is 0.495 e. The zero-order valence-electron chi connectivity index (χ0n) is 8.55. The summed E-state index contributed by atoms with van der Waals surface area (Å²) >= 11 is 0. The molecule has 0 N–H and O–H groups in total. The van der Waals surface area contributed by atoms with Crippen molar-refractivity contribution in [2.45, 2.75) is 26.2 Å². The first-order chi connectivity index (χ1) is 6.77. The van der Waals surface area contributed by atoms with E-state index < -0.39 is 0 Å². The molecule has 0 amide bonds. The summed E-state index contributed by atoms with van der Waals surface area (Å²) in [4.78, 5) is 0. The molecule has 0 heterocycles. The van der Waals surface area contributed by atoms with Gasteiger partial charge in [-0.2, -0.15) is 5.26 Å². The quantitative estimate of drug-likeness (QED) is 0.676. The van der Waals surface area contributed by atoms with Gasteiger partial charge in [0.15, 0.2) is 0 Å². The highest BCUT2D eigenvalue weighted by molar-refractivity contribution is 5.56. The molecule has 0 unspecified atom stereocenters. The van der Waals surface area contributed by atoms with Crippen LogP contribution in [0, 0.1) is 18.3 Å². The molecule has 0 aromatic heterocycles. The molecule has 0 bridgehead atoms. The summed E-state index contributed by atoms with van der Waals surface area (Å²) in [6.45, 7) is 2.07. The molecule has 0 spiro atoms. The molecule has 0 saturated heterocycles. The second-order valence-electron chi connectivity index (χ2n) is 3.70. The number of methoxy groups -OCH3 is 1. The molecule has 1 aliphatic rings. The van der Waals surface area contributed by atoms with Crippen LogP contribution in [-0.4, -0.2) is 7.11 Å². The van der Waals surface area contributed by atoms with Crippen molar-refractivity contribution in [2.75, 3.05) is 7.11 Å². The molecule has 0 atom stereocenters. The highest BCUT2D eigenvalue weighted by Gasteiger charge is 2.20. The number of hydrogen-bond donors (Lipinski definition) is 0. The SMILES string of the molecule is COc1c(C#N)cc(C)c2c1CCC2. The topological polar surface area (TPSA) is 33.0 Å². The third kappa shape index (κ3) is 1.17. The van der Waals surface area contributed by atoms with E-state index in [1.54, 1.807) is 7.11 Å². The number of rotatable bonds is 1. The van der Waals surface area contributed by atoms with Gasteiger partial charge in [-0.15, -0.1) is 0 Å². The second-order valence-corrected chi connectivity index (χ2v) is 3.70. The normalized spacial score (nSPS) is 13.5. The molecule has 2 nitrogen and oxygen atoms in total. The number of ether oxygens (including phenoxy) is 1. The van der Waals surface area contributed by atoms with Crippen molar-refractivity contribution in [1.29, 1.82) is 5.26 Å². The first kappa shape index (κ1) is 9.08. The highest BCUT2D eigenvalue weighted by atomic mass is 16.5. The van der Waals surface area contributed by atoms with Crippen molar-refractivity contribution in [3.05, 3.63) is 28.3 Å². The van der Waals surface area contributed by atoms with Gasteiger partial charge in [-0.25, -0.2) is 0 Å². The van der Waals surface area contributed by atoms with E-state index in [4.69, 9.17) is 10.00 Å². The Morgan fingerprint density at radius 1 is 1.36 bits per heavy atom. The Balaban J connectivity index is 2.69. The minimum Gasteiger partial charge on any atom is -0.495 e. The van der Waals surface area contributed by atoms with Crippen molar-refractivity contribution < 1.29 is 4.74 Å². The van der Waals surface area contributed by atoms with Crippen LogP contribution in [0.3, 0.4) is 0 Å². The lowest BCUT2D eigenvalue weighted by molar-refractivity contribution is 0.409. The Morgan fingerprint density at radius 3 is 2.71 bits per heavy atom. The van der Waals surface area contributed by atoms with Gasteiger partial charge in [0.2, 0.25) is 0 Å². The Bertz CT molecular complexity index is 415. The van der Waals surface area contributed by atoms with Gasteiger partial charge in [0.25, 0.3) is 0 Å². The van der Waals surface area contributed by atoms with E-state index in [0.717, 1.165) is 18.6 Å². The summed E-state index contributed by atoms with van der Waals surface area (Å²) in [7, 11) is 1.64. The molecule has 2 rings (SSSR count). The molecule has 14 heavy (non-hydrogen) atoms. The number of fused-ring (bicyclic) bond motifs is 1. The molecule has 0 radical (unpaired) electrons.